The Morgan fingerprint density at radius 1 is 1.00 bits per heavy atom. The molecule has 3 aromatic heterocycles. The monoisotopic (exact) mass is 565 g/mol. The van der Waals surface area contributed by atoms with E-state index in [9.17, 15) is 18.5 Å². The minimum Gasteiger partial charge on any atom is -0.496 e. The maximum absolute atomic E-state index is 13.8. The SMILES string of the molecule is COc1ccccc1-c1cn(S(=O)(=O)c2ccc(C)cc2)c2ncc(-c3ccnc(C(C#N)C(=O)N(C)C)c3)cc12. The number of methoxy groups -OCH3 is 1. The van der Waals surface area contributed by atoms with Crippen molar-refractivity contribution < 1.29 is 17.9 Å². The summed E-state index contributed by atoms with van der Waals surface area (Å²) in [5, 5.41) is 10.3. The van der Waals surface area contributed by atoms with Gasteiger partial charge in [0.05, 0.1) is 23.8 Å². The maximum Gasteiger partial charge on any atom is 0.269 e. The molecule has 0 saturated carbocycles. The summed E-state index contributed by atoms with van der Waals surface area (Å²) in [5.41, 5.74) is 4.17. The van der Waals surface area contributed by atoms with Gasteiger partial charge in [-0.25, -0.2) is 17.4 Å². The molecule has 3 heterocycles. The smallest absolute Gasteiger partial charge is 0.269 e. The number of pyridine rings is 2. The highest BCUT2D eigenvalue weighted by molar-refractivity contribution is 7.90. The van der Waals surface area contributed by atoms with Crippen molar-refractivity contribution in [2.75, 3.05) is 21.2 Å². The molecule has 0 bridgehead atoms. The van der Waals surface area contributed by atoms with Crippen molar-refractivity contribution in [1.82, 2.24) is 18.8 Å². The van der Waals surface area contributed by atoms with Crippen LogP contribution < -0.4 is 4.74 Å². The van der Waals surface area contributed by atoms with Crippen molar-refractivity contribution >= 4 is 27.0 Å². The fourth-order valence-electron chi connectivity index (χ4n) is 4.62. The van der Waals surface area contributed by atoms with E-state index in [1.54, 1.807) is 70.0 Å². The van der Waals surface area contributed by atoms with Crippen molar-refractivity contribution in [1.29, 1.82) is 5.26 Å². The standard InChI is InChI=1S/C31H27N5O4S/c1-20-9-11-23(12-10-20)41(38,39)36-19-27(24-7-5-6-8-29(24)40-4)25-15-22(18-34-30(25)36)21-13-14-33-28(16-21)26(17-32)31(37)35(2)3/h5-16,18-19,26H,1-4H3. The number of aryl methyl sites for hydroxylation is 1. The van der Waals surface area contributed by atoms with Crippen LogP contribution in [-0.2, 0) is 14.8 Å². The number of fused-ring (bicyclic) bond motifs is 1. The Morgan fingerprint density at radius 2 is 1.73 bits per heavy atom. The molecular weight excluding hydrogens is 538 g/mol. The minimum absolute atomic E-state index is 0.143. The van der Waals surface area contributed by atoms with Crippen LogP contribution in [0.2, 0.25) is 0 Å². The summed E-state index contributed by atoms with van der Waals surface area (Å²) >= 11 is 0. The number of para-hydroxylation sites is 1. The van der Waals surface area contributed by atoms with Crippen LogP contribution in [0.5, 0.6) is 5.75 Å². The fraction of sp³-hybridized carbons (Fsp3) is 0.161. The first-order valence-electron chi connectivity index (χ1n) is 12.7. The largest absolute Gasteiger partial charge is 0.496 e. The van der Waals surface area contributed by atoms with Gasteiger partial charge < -0.3 is 9.64 Å². The number of rotatable bonds is 7. The number of amides is 1. The van der Waals surface area contributed by atoms with Gasteiger partial charge in [0.25, 0.3) is 10.0 Å². The number of likely N-dealkylation sites (N-methyl/N-ethyl adjacent to an activating group) is 1. The van der Waals surface area contributed by atoms with Crippen LogP contribution >= 0.6 is 0 Å². The number of nitriles is 1. The predicted octanol–water partition coefficient (Wildman–Crippen LogP) is 5.01. The van der Waals surface area contributed by atoms with Crippen LogP contribution in [0, 0.1) is 18.3 Å². The Labute approximate surface area is 238 Å². The van der Waals surface area contributed by atoms with Crippen LogP contribution in [0.4, 0.5) is 0 Å². The van der Waals surface area contributed by atoms with Gasteiger partial charge in [0.15, 0.2) is 11.6 Å². The summed E-state index contributed by atoms with van der Waals surface area (Å²) in [6.45, 7) is 1.89. The van der Waals surface area contributed by atoms with Crippen LogP contribution in [0.25, 0.3) is 33.3 Å². The highest BCUT2D eigenvalue weighted by Gasteiger charge is 2.26. The third-order valence-corrected chi connectivity index (χ3v) is 8.48. The van der Waals surface area contributed by atoms with Gasteiger partial charge in [-0.3, -0.25) is 9.78 Å². The topological polar surface area (TPSA) is 118 Å². The van der Waals surface area contributed by atoms with E-state index in [4.69, 9.17) is 4.74 Å². The van der Waals surface area contributed by atoms with Crippen molar-refractivity contribution in [2.45, 2.75) is 17.7 Å². The van der Waals surface area contributed by atoms with Gasteiger partial charge in [-0.2, -0.15) is 5.26 Å². The van der Waals surface area contributed by atoms with E-state index in [2.05, 4.69) is 9.97 Å². The Bertz CT molecular complexity index is 1920. The van der Waals surface area contributed by atoms with E-state index in [0.29, 0.717) is 39.1 Å². The molecule has 5 aromatic rings. The Balaban J connectivity index is 1.72. The first-order chi connectivity index (χ1) is 19.6. The van der Waals surface area contributed by atoms with Crippen LogP contribution in [0.15, 0.2) is 90.2 Å². The van der Waals surface area contributed by atoms with Gasteiger partial charge in [-0.15, -0.1) is 0 Å². The Morgan fingerprint density at radius 3 is 2.41 bits per heavy atom. The summed E-state index contributed by atoms with van der Waals surface area (Å²) < 4.78 is 34.4. The molecule has 0 N–H and O–H groups in total. The molecule has 5 rings (SSSR count). The van der Waals surface area contributed by atoms with Gasteiger partial charge >= 0.3 is 0 Å². The average Bonchev–Trinajstić information content (AvgIpc) is 3.37. The second kappa shape index (κ2) is 10.9. The summed E-state index contributed by atoms with van der Waals surface area (Å²) in [6, 6.07) is 21.3. The molecule has 2 aromatic carbocycles. The van der Waals surface area contributed by atoms with E-state index < -0.39 is 15.9 Å². The van der Waals surface area contributed by atoms with E-state index in [-0.39, 0.29) is 16.4 Å². The molecular formula is C31H27N5O4S. The third-order valence-electron chi connectivity index (χ3n) is 6.81. The molecule has 0 fully saturated rings. The number of carbonyl (C=O) groups excluding carboxylic acids is 1. The maximum atomic E-state index is 13.8. The van der Waals surface area contributed by atoms with Crippen molar-refractivity contribution in [2.24, 2.45) is 0 Å². The van der Waals surface area contributed by atoms with E-state index in [1.807, 2.05) is 43.3 Å². The molecule has 0 spiro atoms. The van der Waals surface area contributed by atoms with Crippen molar-refractivity contribution in [3.63, 3.8) is 0 Å². The van der Waals surface area contributed by atoms with Gasteiger partial charge in [0.2, 0.25) is 5.91 Å². The highest BCUT2D eigenvalue weighted by atomic mass is 32.2. The third kappa shape index (κ3) is 5.03. The van der Waals surface area contributed by atoms with Crippen LogP contribution in [-0.4, -0.2) is 54.4 Å². The van der Waals surface area contributed by atoms with Crippen LogP contribution in [0.3, 0.4) is 0 Å². The summed E-state index contributed by atoms with van der Waals surface area (Å²) in [5.74, 6) is -0.857. The molecule has 1 amide bonds. The first kappa shape index (κ1) is 27.6. The summed E-state index contributed by atoms with van der Waals surface area (Å²) in [6.07, 6.45) is 4.67. The molecule has 1 atom stereocenters. The average molecular weight is 566 g/mol. The van der Waals surface area contributed by atoms with E-state index in [1.165, 1.54) is 15.1 Å². The number of aromatic nitrogens is 3. The van der Waals surface area contributed by atoms with E-state index >= 15 is 0 Å². The number of hydrogen-bond donors (Lipinski definition) is 0. The Hall–Kier alpha value is -5.01. The lowest BCUT2D eigenvalue weighted by atomic mass is 9.99. The zero-order valence-corrected chi connectivity index (χ0v) is 23.8. The lowest BCUT2D eigenvalue weighted by Gasteiger charge is -2.15. The molecule has 1 unspecified atom stereocenters. The second-order valence-corrected chi connectivity index (χ2v) is 11.5. The van der Waals surface area contributed by atoms with Gasteiger partial charge in [-0.05, 0) is 48.9 Å². The molecule has 10 heteroatoms. The predicted molar refractivity (Wildman–Crippen MR) is 156 cm³/mol. The number of nitrogens with zero attached hydrogens (tertiary/aromatic N) is 5. The second-order valence-electron chi connectivity index (χ2n) is 9.72. The molecule has 0 aliphatic heterocycles. The van der Waals surface area contributed by atoms with Gasteiger partial charge in [-0.1, -0.05) is 35.9 Å². The number of hydrogen-bond acceptors (Lipinski definition) is 7. The van der Waals surface area contributed by atoms with Crippen molar-refractivity contribution in [3.05, 3.63) is 96.6 Å². The molecule has 0 saturated heterocycles. The molecule has 9 nitrogen and oxygen atoms in total. The molecule has 206 valence electrons. The molecule has 41 heavy (non-hydrogen) atoms. The van der Waals surface area contributed by atoms with Gasteiger partial charge in [0, 0.05) is 54.8 Å². The zero-order valence-electron chi connectivity index (χ0n) is 22.9. The van der Waals surface area contributed by atoms with Gasteiger partial charge in [0.1, 0.15) is 5.75 Å². The first-order valence-corrected chi connectivity index (χ1v) is 14.1. The summed E-state index contributed by atoms with van der Waals surface area (Å²) in [7, 11) is 0.752. The zero-order chi connectivity index (χ0) is 29.3. The number of carbonyl (C=O) groups is 1. The number of benzene rings is 2. The highest BCUT2D eigenvalue weighted by Crippen LogP contribution is 2.38. The van der Waals surface area contributed by atoms with E-state index in [0.717, 1.165) is 5.56 Å². The lowest BCUT2D eigenvalue weighted by Crippen LogP contribution is -2.28. The number of ether oxygens (including phenoxy) is 1. The van der Waals surface area contributed by atoms with Crippen molar-refractivity contribution in [3.8, 4) is 34.1 Å². The minimum atomic E-state index is -3.98. The Kier molecular flexibility index (Phi) is 7.30. The quantitative estimate of drug-likeness (QED) is 0.272. The molecule has 0 radical (unpaired) electrons. The molecule has 0 aliphatic carbocycles. The van der Waals surface area contributed by atoms with Crippen LogP contribution in [0.1, 0.15) is 17.2 Å². The normalized spacial score (nSPS) is 12.1. The summed E-state index contributed by atoms with van der Waals surface area (Å²) in [4.78, 5) is 23.0. The fourth-order valence-corrected chi connectivity index (χ4v) is 5.94. The molecule has 0 aliphatic rings. The lowest BCUT2D eigenvalue weighted by molar-refractivity contribution is -0.129.